The molecule has 1 aliphatic carbocycles. The number of benzene rings is 1. The number of imidazole rings is 1. The van der Waals surface area contributed by atoms with Gasteiger partial charge in [0.1, 0.15) is 0 Å². The van der Waals surface area contributed by atoms with Crippen molar-refractivity contribution >= 4 is 24.9 Å². The van der Waals surface area contributed by atoms with E-state index in [1.807, 2.05) is 0 Å². The second kappa shape index (κ2) is 8.92. The van der Waals surface area contributed by atoms with Gasteiger partial charge in [-0.3, -0.25) is 23.3 Å². The van der Waals surface area contributed by atoms with Gasteiger partial charge in [0.05, 0.1) is 37.8 Å². The summed E-state index contributed by atoms with van der Waals surface area (Å²) in [5.41, 5.74) is 5.92. The highest BCUT2D eigenvalue weighted by Gasteiger charge is 2.43. The van der Waals surface area contributed by atoms with Crippen LogP contribution < -0.4 is 11.3 Å². The van der Waals surface area contributed by atoms with Crippen molar-refractivity contribution in [2.75, 3.05) is 18.9 Å². The van der Waals surface area contributed by atoms with Crippen molar-refractivity contribution in [2.45, 2.75) is 31.1 Å². The van der Waals surface area contributed by atoms with Gasteiger partial charge in [-0.1, -0.05) is 18.7 Å². The van der Waals surface area contributed by atoms with E-state index in [0.717, 1.165) is 6.07 Å². The van der Waals surface area contributed by atoms with E-state index in [1.54, 1.807) is 4.57 Å². The minimum absolute atomic E-state index is 0.0582. The van der Waals surface area contributed by atoms with Crippen LogP contribution in [0.15, 0.2) is 41.5 Å². The number of hydrogen-bond acceptors (Lipinski definition) is 9. The summed E-state index contributed by atoms with van der Waals surface area (Å²) in [7, 11) is -4.14. The maximum Gasteiger partial charge on any atom is 0.475 e. The summed E-state index contributed by atoms with van der Waals surface area (Å²) in [6, 6.07) is 3.16. The second-order valence-electron chi connectivity index (χ2n) is 8.38. The van der Waals surface area contributed by atoms with Crippen LogP contribution in [0.4, 0.5) is 14.7 Å². The number of rotatable bonds is 5. The van der Waals surface area contributed by atoms with Crippen LogP contribution in [-0.2, 0) is 18.1 Å². The number of phosphoric ester groups is 1. The van der Waals surface area contributed by atoms with Crippen molar-refractivity contribution in [1.29, 1.82) is 0 Å². The van der Waals surface area contributed by atoms with Crippen LogP contribution in [0.5, 0.6) is 0 Å². The normalized spacial score (nSPS) is 29.2. The molecule has 1 unspecified atom stereocenters. The smallest absolute Gasteiger partial charge is 0.392 e. The Hall–Kier alpha value is -2.96. The lowest BCUT2D eigenvalue weighted by Crippen LogP contribution is -2.22. The molecule has 0 radical (unpaired) electrons. The minimum atomic E-state index is -4.14. The lowest BCUT2D eigenvalue weighted by Gasteiger charge is -2.30. The van der Waals surface area contributed by atoms with Crippen molar-refractivity contribution in [1.82, 2.24) is 19.5 Å². The molecule has 1 aromatic carbocycles. The molecule has 35 heavy (non-hydrogen) atoms. The van der Waals surface area contributed by atoms with Crippen molar-refractivity contribution in [3.8, 4) is 0 Å². The highest BCUT2D eigenvalue weighted by molar-refractivity contribution is 7.48. The number of H-pyrrole nitrogens is 1. The van der Waals surface area contributed by atoms with Gasteiger partial charge in [0, 0.05) is 17.9 Å². The fraction of sp³-hybridized carbons (Fsp3) is 0.381. The summed E-state index contributed by atoms with van der Waals surface area (Å²) in [4.78, 5) is 22.6. The Kier molecular flexibility index (Phi) is 6.06. The van der Waals surface area contributed by atoms with Gasteiger partial charge < -0.3 is 15.4 Å². The van der Waals surface area contributed by atoms with E-state index in [2.05, 4.69) is 21.5 Å². The molecule has 3 aromatic rings. The molecule has 3 heterocycles. The molecule has 1 aliphatic heterocycles. The molecule has 1 saturated carbocycles. The number of phosphoric acid groups is 1. The lowest BCUT2D eigenvalue weighted by molar-refractivity contribution is 0.0153. The quantitative estimate of drug-likeness (QED) is 0.348. The van der Waals surface area contributed by atoms with E-state index in [4.69, 9.17) is 19.3 Å². The molecule has 1 saturated heterocycles. The van der Waals surface area contributed by atoms with Gasteiger partial charge in [-0.15, -0.1) is 0 Å². The summed E-state index contributed by atoms with van der Waals surface area (Å²) in [5.74, 6) is -2.88. The first-order chi connectivity index (χ1) is 16.7. The zero-order chi connectivity index (χ0) is 24.9. The number of aromatic nitrogens is 4. The molecule has 11 nitrogen and oxygen atoms in total. The third-order valence-electron chi connectivity index (χ3n) is 6.25. The minimum Gasteiger partial charge on any atom is -0.392 e. The molecular weight excluding hydrogens is 487 g/mol. The van der Waals surface area contributed by atoms with Crippen LogP contribution in [-0.4, -0.2) is 43.9 Å². The number of anilines is 1. The Bertz CT molecular complexity index is 1410. The van der Waals surface area contributed by atoms with Gasteiger partial charge >= 0.3 is 7.82 Å². The number of aliphatic hydroxyl groups excluding tert-OH is 1. The van der Waals surface area contributed by atoms with Gasteiger partial charge in [0.25, 0.3) is 5.56 Å². The molecule has 4 N–H and O–H groups in total. The molecule has 2 aromatic heterocycles. The molecule has 5 atom stereocenters. The lowest BCUT2D eigenvalue weighted by atomic mass is 10.0. The van der Waals surface area contributed by atoms with Crippen LogP contribution in [0.25, 0.3) is 11.2 Å². The van der Waals surface area contributed by atoms with Crippen molar-refractivity contribution < 1.29 is 32.0 Å². The van der Waals surface area contributed by atoms with Crippen LogP contribution >= 0.6 is 7.82 Å². The molecule has 0 bridgehead atoms. The molecule has 5 rings (SSSR count). The van der Waals surface area contributed by atoms with Gasteiger partial charge in [0.2, 0.25) is 5.95 Å². The van der Waals surface area contributed by atoms with Crippen molar-refractivity contribution in [3.05, 3.63) is 64.2 Å². The summed E-state index contributed by atoms with van der Waals surface area (Å²) >= 11 is 0. The number of fused-ring (bicyclic) bond motifs is 1. The summed E-state index contributed by atoms with van der Waals surface area (Å²) in [6.45, 7) is 3.72. The first-order valence-corrected chi connectivity index (χ1v) is 12.2. The number of hydrogen-bond donors (Lipinski definition) is 3. The Balaban J connectivity index is 1.31. The Labute approximate surface area is 197 Å². The predicted molar refractivity (Wildman–Crippen MR) is 119 cm³/mol. The number of nitrogen functional groups attached to an aromatic ring is 1. The van der Waals surface area contributed by atoms with Crippen LogP contribution in [0, 0.1) is 17.6 Å². The molecular formula is C21H22F2N5O6P. The zero-order valence-electron chi connectivity index (χ0n) is 18.3. The van der Waals surface area contributed by atoms with Crippen LogP contribution in [0.2, 0.25) is 0 Å². The maximum absolute atomic E-state index is 14.2. The molecule has 2 aliphatic rings. The van der Waals surface area contributed by atoms with E-state index in [1.165, 1.54) is 18.5 Å². The molecule has 186 valence electrons. The third-order valence-corrected chi connectivity index (χ3v) is 7.72. The first-order valence-electron chi connectivity index (χ1n) is 10.8. The first kappa shape index (κ1) is 23.8. The number of aromatic amines is 1. The van der Waals surface area contributed by atoms with E-state index < -0.39 is 49.2 Å². The fourth-order valence-corrected chi connectivity index (χ4v) is 5.85. The fourth-order valence-electron chi connectivity index (χ4n) is 4.45. The number of nitrogens with one attached hydrogen (secondary N) is 1. The van der Waals surface area contributed by atoms with Crippen molar-refractivity contribution in [2.24, 2.45) is 5.92 Å². The van der Waals surface area contributed by atoms with E-state index >= 15 is 0 Å². The predicted octanol–water partition coefficient (Wildman–Crippen LogP) is 2.76. The average molecular weight is 509 g/mol. The number of halogens is 2. The largest absolute Gasteiger partial charge is 0.475 e. The van der Waals surface area contributed by atoms with Gasteiger partial charge in [0.15, 0.2) is 22.8 Å². The van der Waals surface area contributed by atoms with Crippen LogP contribution in [0.3, 0.4) is 0 Å². The van der Waals surface area contributed by atoms with E-state index in [0.29, 0.717) is 5.57 Å². The highest BCUT2D eigenvalue weighted by atomic mass is 31.2. The van der Waals surface area contributed by atoms with Crippen molar-refractivity contribution in [3.63, 3.8) is 0 Å². The highest BCUT2D eigenvalue weighted by Crippen LogP contribution is 2.58. The standard InChI is InChI=1S/C21H22F2N5O6P/c1-10-12(15(29)7-14(10)28-9-25-18-19(28)26-21(24)27-20(18)30)8-33-35(31)32-6-5-16(34-35)11-3-2-4-13(22)17(11)23/h2-4,9,12,14-16,29H,1,5-8H2,(H3,24,26,27,30)/t12-,14-,15-,16+,35?/m0/s1. The zero-order valence-corrected chi connectivity index (χ0v) is 19.2. The SMILES string of the molecule is C=C1[C@H](COP2(=O)OCC[C@H](c3cccc(F)c3F)O2)[C@@H](O)C[C@@H]1n1cnc2c(=O)[nH]c(N)nc21. The third kappa shape index (κ3) is 4.30. The maximum atomic E-state index is 14.2. The number of nitrogens with two attached hydrogens (primary N) is 1. The van der Waals surface area contributed by atoms with E-state index in [-0.39, 0.29) is 48.7 Å². The molecule has 0 spiro atoms. The number of aliphatic hydroxyl groups is 1. The summed E-state index contributed by atoms with van der Waals surface area (Å²) in [5, 5.41) is 10.7. The Morgan fingerprint density at radius 3 is 3.00 bits per heavy atom. The van der Waals surface area contributed by atoms with Gasteiger partial charge in [-0.2, -0.15) is 4.98 Å². The molecule has 2 fully saturated rings. The molecule has 14 heteroatoms. The van der Waals surface area contributed by atoms with Gasteiger partial charge in [-0.25, -0.2) is 18.3 Å². The van der Waals surface area contributed by atoms with E-state index in [9.17, 15) is 23.2 Å². The Morgan fingerprint density at radius 2 is 2.20 bits per heavy atom. The molecule has 0 amide bonds. The van der Waals surface area contributed by atoms with Gasteiger partial charge in [-0.05, 0) is 18.1 Å². The average Bonchev–Trinajstić information content (AvgIpc) is 3.34. The number of nitrogens with zero attached hydrogens (tertiary/aromatic N) is 3. The monoisotopic (exact) mass is 509 g/mol. The Morgan fingerprint density at radius 1 is 1.40 bits per heavy atom. The summed E-state index contributed by atoms with van der Waals surface area (Å²) in [6.07, 6.45) is -0.196. The second-order valence-corrected chi connectivity index (χ2v) is 10.00. The topological polar surface area (TPSA) is 155 Å². The summed E-state index contributed by atoms with van der Waals surface area (Å²) < 4.78 is 58.6. The van der Waals surface area contributed by atoms with Crippen LogP contribution in [0.1, 0.15) is 30.6 Å².